The van der Waals surface area contributed by atoms with Crippen molar-refractivity contribution >= 4 is 37.3 Å². The predicted molar refractivity (Wildman–Crippen MR) is 72.6 cm³/mol. The maximum Gasteiger partial charge on any atom is 0.264 e. The minimum atomic E-state index is -3.70. The first-order valence-electron chi connectivity index (χ1n) is 4.95. The molecular formula is C10H11BrN4O2S. The zero-order valence-electron chi connectivity index (χ0n) is 9.46. The topological polar surface area (TPSA) is 90.0 Å². The van der Waals surface area contributed by atoms with Gasteiger partial charge in [0, 0.05) is 17.7 Å². The molecule has 6 nitrogen and oxygen atoms in total. The van der Waals surface area contributed by atoms with Crippen LogP contribution in [0.2, 0.25) is 0 Å². The summed E-state index contributed by atoms with van der Waals surface area (Å²) in [6, 6.07) is 4.60. The Kier molecular flexibility index (Phi) is 3.31. The first kappa shape index (κ1) is 12.9. The molecule has 18 heavy (non-hydrogen) atoms. The Morgan fingerprint density at radius 1 is 1.44 bits per heavy atom. The van der Waals surface area contributed by atoms with E-state index >= 15 is 0 Å². The average molecular weight is 331 g/mol. The molecule has 0 saturated heterocycles. The van der Waals surface area contributed by atoms with E-state index in [0.29, 0.717) is 5.69 Å². The standard InChI is InChI=1S/C10H11BrN4O2S/c1-15-6-8(5-13-15)14-18(16,17)10-3-2-7(11)4-9(10)12/h2-6,14H,12H2,1H3. The normalized spacial score (nSPS) is 11.4. The van der Waals surface area contributed by atoms with Crippen LogP contribution in [0.4, 0.5) is 11.4 Å². The van der Waals surface area contributed by atoms with Crippen LogP contribution in [0.3, 0.4) is 0 Å². The number of hydrogen-bond donors (Lipinski definition) is 2. The van der Waals surface area contributed by atoms with Gasteiger partial charge in [-0.25, -0.2) is 8.42 Å². The molecule has 96 valence electrons. The number of rotatable bonds is 3. The summed E-state index contributed by atoms with van der Waals surface area (Å²) >= 11 is 3.22. The number of sulfonamides is 1. The molecule has 0 radical (unpaired) electrons. The van der Waals surface area contributed by atoms with Crippen LogP contribution in [0.15, 0.2) is 40.0 Å². The molecule has 2 rings (SSSR count). The van der Waals surface area contributed by atoms with E-state index in [1.54, 1.807) is 19.3 Å². The van der Waals surface area contributed by atoms with Gasteiger partial charge in [0.25, 0.3) is 10.0 Å². The fourth-order valence-corrected chi connectivity index (χ4v) is 2.97. The van der Waals surface area contributed by atoms with Crippen molar-refractivity contribution in [2.24, 2.45) is 7.05 Å². The van der Waals surface area contributed by atoms with E-state index in [1.807, 2.05) is 0 Å². The second-order valence-corrected chi connectivity index (χ2v) is 6.26. The van der Waals surface area contributed by atoms with Crippen LogP contribution in [-0.2, 0) is 17.1 Å². The molecule has 0 aliphatic heterocycles. The van der Waals surface area contributed by atoms with Gasteiger partial charge >= 0.3 is 0 Å². The Balaban J connectivity index is 2.36. The molecule has 0 saturated carbocycles. The molecule has 0 aliphatic carbocycles. The van der Waals surface area contributed by atoms with Gasteiger partial charge in [0.1, 0.15) is 4.90 Å². The molecule has 1 aromatic heterocycles. The lowest BCUT2D eigenvalue weighted by Crippen LogP contribution is -2.14. The molecule has 0 unspecified atom stereocenters. The van der Waals surface area contributed by atoms with Crippen molar-refractivity contribution < 1.29 is 8.42 Å². The number of nitrogen functional groups attached to an aromatic ring is 1. The van der Waals surface area contributed by atoms with Crippen molar-refractivity contribution in [3.8, 4) is 0 Å². The number of anilines is 2. The second kappa shape index (κ2) is 4.62. The SMILES string of the molecule is Cn1cc(NS(=O)(=O)c2ccc(Br)cc2N)cn1. The molecule has 0 fully saturated rings. The van der Waals surface area contributed by atoms with Crippen molar-refractivity contribution in [3.63, 3.8) is 0 Å². The van der Waals surface area contributed by atoms with Crippen LogP contribution < -0.4 is 10.5 Å². The van der Waals surface area contributed by atoms with E-state index in [4.69, 9.17) is 5.73 Å². The van der Waals surface area contributed by atoms with Crippen molar-refractivity contribution in [3.05, 3.63) is 35.1 Å². The number of aromatic nitrogens is 2. The number of nitrogens with one attached hydrogen (secondary N) is 1. The van der Waals surface area contributed by atoms with Crippen molar-refractivity contribution in [1.29, 1.82) is 0 Å². The average Bonchev–Trinajstić information content (AvgIpc) is 2.62. The smallest absolute Gasteiger partial charge is 0.264 e. The summed E-state index contributed by atoms with van der Waals surface area (Å²) in [4.78, 5) is 0.0366. The number of nitrogens with zero attached hydrogens (tertiary/aromatic N) is 2. The van der Waals surface area contributed by atoms with Crippen LogP contribution >= 0.6 is 15.9 Å². The quantitative estimate of drug-likeness (QED) is 0.836. The van der Waals surface area contributed by atoms with Gasteiger partial charge < -0.3 is 5.73 Å². The summed E-state index contributed by atoms with van der Waals surface area (Å²) in [6.07, 6.45) is 2.99. The number of hydrogen-bond acceptors (Lipinski definition) is 4. The molecular weight excluding hydrogens is 320 g/mol. The van der Waals surface area contributed by atoms with Crippen molar-refractivity contribution in [2.45, 2.75) is 4.90 Å². The van der Waals surface area contributed by atoms with Crippen molar-refractivity contribution in [2.75, 3.05) is 10.5 Å². The number of benzene rings is 1. The summed E-state index contributed by atoms with van der Waals surface area (Å²) in [7, 11) is -2.00. The first-order chi connectivity index (χ1) is 8.38. The van der Waals surface area contributed by atoms with Crippen LogP contribution in [0.25, 0.3) is 0 Å². The lowest BCUT2D eigenvalue weighted by molar-refractivity contribution is 0.601. The van der Waals surface area contributed by atoms with E-state index < -0.39 is 10.0 Å². The Hall–Kier alpha value is -1.54. The predicted octanol–water partition coefficient (Wildman–Crippen LogP) is 1.57. The molecule has 0 spiro atoms. The fraction of sp³-hybridized carbons (Fsp3) is 0.100. The Labute approximate surface area is 113 Å². The van der Waals surface area contributed by atoms with E-state index in [9.17, 15) is 8.42 Å². The molecule has 3 N–H and O–H groups in total. The minimum Gasteiger partial charge on any atom is -0.398 e. The third-order valence-electron chi connectivity index (χ3n) is 2.22. The number of aryl methyl sites for hydroxylation is 1. The van der Waals surface area contributed by atoms with Crippen LogP contribution in [0.5, 0.6) is 0 Å². The summed E-state index contributed by atoms with van der Waals surface area (Å²) in [6.45, 7) is 0. The Morgan fingerprint density at radius 3 is 2.72 bits per heavy atom. The molecule has 0 bridgehead atoms. The molecule has 1 heterocycles. The molecule has 0 aliphatic rings. The lowest BCUT2D eigenvalue weighted by atomic mass is 10.3. The summed E-state index contributed by atoms with van der Waals surface area (Å²) in [5.41, 5.74) is 6.27. The maximum absolute atomic E-state index is 12.1. The van der Waals surface area contributed by atoms with Gasteiger partial charge in [-0.15, -0.1) is 0 Å². The van der Waals surface area contributed by atoms with E-state index in [-0.39, 0.29) is 10.6 Å². The highest BCUT2D eigenvalue weighted by Crippen LogP contribution is 2.24. The summed E-state index contributed by atoms with van der Waals surface area (Å²) in [5.74, 6) is 0. The zero-order valence-corrected chi connectivity index (χ0v) is 11.9. The molecule has 0 amide bonds. The van der Waals surface area contributed by atoms with Gasteiger partial charge in [0.05, 0.1) is 17.6 Å². The second-order valence-electron chi connectivity index (χ2n) is 3.69. The largest absolute Gasteiger partial charge is 0.398 e. The minimum absolute atomic E-state index is 0.0366. The highest BCUT2D eigenvalue weighted by molar-refractivity contribution is 9.10. The molecule has 1 aromatic carbocycles. The van der Waals surface area contributed by atoms with Crippen molar-refractivity contribution in [1.82, 2.24) is 9.78 Å². The van der Waals surface area contributed by atoms with Crippen LogP contribution in [0, 0.1) is 0 Å². The first-order valence-corrected chi connectivity index (χ1v) is 7.22. The highest BCUT2D eigenvalue weighted by Gasteiger charge is 2.18. The van der Waals surface area contributed by atoms with Gasteiger partial charge in [-0.1, -0.05) is 15.9 Å². The summed E-state index contributed by atoms with van der Waals surface area (Å²) < 4.78 is 28.8. The van der Waals surface area contributed by atoms with Crippen LogP contribution in [-0.4, -0.2) is 18.2 Å². The monoisotopic (exact) mass is 330 g/mol. The van der Waals surface area contributed by atoms with E-state index in [0.717, 1.165) is 4.47 Å². The van der Waals surface area contributed by atoms with Gasteiger partial charge in [-0.3, -0.25) is 9.40 Å². The Morgan fingerprint density at radius 2 is 2.17 bits per heavy atom. The number of nitrogens with two attached hydrogens (primary N) is 1. The van der Waals surface area contributed by atoms with E-state index in [1.165, 1.54) is 23.0 Å². The van der Waals surface area contributed by atoms with Gasteiger partial charge in [0.15, 0.2) is 0 Å². The molecule has 0 atom stereocenters. The van der Waals surface area contributed by atoms with Gasteiger partial charge in [-0.05, 0) is 18.2 Å². The lowest BCUT2D eigenvalue weighted by Gasteiger charge is -2.08. The maximum atomic E-state index is 12.1. The molecule has 8 heteroatoms. The van der Waals surface area contributed by atoms with Gasteiger partial charge in [0.2, 0.25) is 0 Å². The third-order valence-corrected chi connectivity index (χ3v) is 4.17. The van der Waals surface area contributed by atoms with Gasteiger partial charge in [-0.2, -0.15) is 5.10 Å². The van der Waals surface area contributed by atoms with E-state index in [2.05, 4.69) is 25.8 Å². The number of halogens is 1. The third kappa shape index (κ3) is 2.65. The highest BCUT2D eigenvalue weighted by atomic mass is 79.9. The molecule has 2 aromatic rings. The summed E-state index contributed by atoms with van der Waals surface area (Å²) in [5, 5.41) is 3.88. The van der Waals surface area contributed by atoms with Crippen LogP contribution in [0.1, 0.15) is 0 Å². The fourth-order valence-electron chi connectivity index (χ4n) is 1.45. The Bertz CT molecular complexity index is 681. The zero-order chi connectivity index (χ0) is 13.3.